The zero-order valence-corrected chi connectivity index (χ0v) is 8.72. The van der Waals surface area contributed by atoms with Gasteiger partial charge in [-0.2, -0.15) is 5.26 Å². The molecule has 0 spiro atoms. The van der Waals surface area contributed by atoms with Crippen molar-refractivity contribution in [2.75, 3.05) is 0 Å². The van der Waals surface area contributed by atoms with Gasteiger partial charge in [0.1, 0.15) is 0 Å². The lowest BCUT2D eigenvalue weighted by molar-refractivity contribution is 0.977. The van der Waals surface area contributed by atoms with E-state index in [0.717, 1.165) is 10.0 Å². The SMILES string of the molecule is Cc1cc(C(C)C#N)ccc1Br. The molecule has 0 aliphatic rings. The topological polar surface area (TPSA) is 23.8 Å². The molecule has 1 nitrogen and oxygen atoms in total. The maximum atomic E-state index is 8.69. The Labute approximate surface area is 81.2 Å². The molecule has 0 aliphatic carbocycles. The third-order valence-electron chi connectivity index (χ3n) is 1.88. The van der Waals surface area contributed by atoms with Crippen LogP contribution < -0.4 is 0 Å². The van der Waals surface area contributed by atoms with Crippen molar-refractivity contribution in [3.8, 4) is 6.07 Å². The molecule has 1 rings (SSSR count). The Morgan fingerprint density at radius 1 is 1.50 bits per heavy atom. The lowest BCUT2D eigenvalue weighted by Crippen LogP contribution is -1.89. The minimum absolute atomic E-state index is 0.0169. The van der Waals surface area contributed by atoms with Gasteiger partial charge in [0.2, 0.25) is 0 Å². The smallest absolute Gasteiger partial charge is 0.0700 e. The number of hydrogen-bond acceptors (Lipinski definition) is 1. The van der Waals surface area contributed by atoms with Crippen LogP contribution in [0.1, 0.15) is 24.0 Å². The van der Waals surface area contributed by atoms with Crippen LogP contribution in [0.4, 0.5) is 0 Å². The molecule has 12 heavy (non-hydrogen) atoms. The lowest BCUT2D eigenvalue weighted by atomic mass is 10.0. The van der Waals surface area contributed by atoms with Crippen LogP contribution in [-0.2, 0) is 0 Å². The molecule has 0 fully saturated rings. The fourth-order valence-corrected chi connectivity index (χ4v) is 1.26. The van der Waals surface area contributed by atoms with Gasteiger partial charge in [-0.3, -0.25) is 0 Å². The summed E-state index contributed by atoms with van der Waals surface area (Å²) >= 11 is 3.42. The number of rotatable bonds is 1. The van der Waals surface area contributed by atoms with Crippen LogP contribution in [0.2, 0.25) is 0 Å². The van der Waals surface area contributed by atoms with Crippen molar-refractivity contribution in [1.82, 2.24) is 0 Å². The van der Waals surface area contributed by atoms with E-state index in [0.29, 0.717) is 0 Å². The van der Waals surface area contributed by atoms with E-state index < -0.39 is 0 Å². The van der Waals surface area contributed by atoms with Crippen LogP contribution in [0, 0.1) is 18.3 Å². The molecule has 0 saturated carbocycles. The lowest BCUT2D eigenvalue weighted by Gasteiger charge is -2.04. The van der Waals surface area contributed by atoms with Gasteiger partial charge in [-0.05, 0) is 31.0 Å². The summed E-state index contributed by atoms with van der Waals surface area (Å²) < 4.78 is 1.09. The van der Waals surface area contributed by atoms with Crippen molar-refractivity contribution in [1.29, 1.82) is 5.26 Å². The minimum atomic E-state index is -0.0169. The molecule has 0 amide bonds. The maximum Gasteiger partial charge on any atom is 0.0700 e. The standard InChI is InChI=1S/C10H10BrN/c1-7-5-9(8(2)6-12)3-4-10(7)11/h3-5,8H,1-2H3. The van der Waals surface area contributed by atoms with Crippen LogP contribution >= 0.6 is 15.9 Å². The van der Waals surface area contributed by atoms with E-state index in [4.69, 9.17) is 5.26 Å². The highest BCUT2D eigenvalue weighted by molar-refractivity contribution is 9.10. The van der Waals surface area contributed by atoms with E-state index in [-0.39, 0.29) is 5.92 Å². The van der Waals surface area contributed by atoms with E-state index >= 15 is 0 Å². The molecule has 0 aromatic heterocycles. The molecule has 0 aliphatic heterocycles. The van der Waals surface area contributed by atoms with Crippen LogP contribution in [-0.4, -0.2) is 0 Å². The van der Waals surface area contributed by atoms with Gasteiger partial charge in [-0.25, -0.2) is 0 Å². The normalized spacial score (nSPS) is 12.2. The van der Waals surface area contributed by atoms with Gasteiger partial charge in [0.25, 0.3) is 0 Å². The van der Waals surface area contributed by atoms with Crippen LogP contribution in [0.5, 0.6) is 0 Å². The predicted molar refractivity (Wildman–Crippen MR) is 52.9 cm³/mol. The van der Waals surface area contributed by atoms with Crippen molar-refractivity contribution < 1.29 is 0 Å². The van der Waals surface area contributed by atoms with Crippen molar-refractivity contribution in [3.05, 3.63) is 33.8 Å². The fraction of sp³-hybridized carbons (Fsp3) is 0.300. The Morgan fingerprint density at radius 3 is 2.67 bits per heavy atom. The number of nitriles is 1. The summed E-state index contributed by atoms with van der Waals surface area (Å²) in [5, 5.41) is 8.69. The molecule has 1 unspecified atom stereocenters. The van der Waals surface area contributed by atoms with Gasteiger partial charge in [-0.15, -0.1) is 0 Å². The van der Waals surface area contributed by atoms with Crippen molar-refractivity contribution in [3.63, 3.8) is 0 Å². The molecule has 0 saturated heterocycles. The molecule has 0 heterocycles. The third-order valence-corrected chi connectivity index (χ3v) is 2.77. The van der Waals surface area contributed by atoms with Crippen LogP contribution in [0.3, 0.4) is 0 Å². The number of aryl methyl sites for hydroxylation is 1. The van der Waals surface area contributed by atoms with Crippen molar-refractivity contribution in [2.24, 2.45) is 0 Å². The fourth-order valence-electron chi connectivity index (χ4n) is 1.01. The number of benzene rings is 1. The first-order chi connectivity index (χ1) is 5.65. The molecule has 0 bridgehead atoms. The van der Waals surface area contributed by atoms with E-state index in [1.165, 1.54) is 5.56 Å². The molecule has 1 aromatic rings. The zero-order chi connectivity index (χ0) is 9.14. The Kier molecular flexibility index (Phi) is 2.88. The maximum absolute atomic E-state index is 8.69. The van der Waals surface area contributed by atoms with E-state index in [1.807, 2.05) is 32.0 Å². The molecule has 0 radical (unpaired) electrons. The Morgan fingerprint density at radius 2 is 2.17 bits per heavy atom. The second-order valence-electron chi connectivity index (χ2n) is 2.86. The molecular formula is C10H10BrN. The second-order valence-corrected chi connectivity index (χ2v) is 3.71. The number of hydrogen-bond donors (Lipinski definition) is 0. The van der Waals surface area contributed by atoms with Crippen LogP contribution in [0.15, 0.2) is 22.7 Å². The van der Waals surface area contributed by atoms with Gasteiger partial charge in [0.05, 0.1) is 12.0 Å². The molecule has 0 N–H and O–H groups in total. The van der Waals surface area contributed by atoms with Crippen molar-refractivity contribution >= 4 is 15.9 Å². The zero-order valence-electron chi connectivity index (χ0n) is 7.13. The summed E-state index contributed by atoms with van der Waals surface area (Å²) in [6.07, 6.45) is 0. The molecular weight excluding hydrogens is 214 g/mol. The van der Waals surface area contributed by atoms with Gasteiger partial charge in [0.15, 0.2) is 0 Å². The molecule has 1 atom stereocenters. The number of nitrogens with zero attached hydrogens (tertiary/aromatic N) is 1. The molecule has 2 heteroatoms. The first-order valence-corrected chi connectivity index (χ1v) is 4.60. The third kappa shape index (κ3) is 1.86. The van der Waals surface area contributed by atoms with E-state index in [2.05, 4.69) is 22.0 Å². The quantitative estimate of drug-likeness (QED) is 0.717. The molecule has 62 valence electrons. The summed E-state index contributed by atoms with van der Waals surface area (Å²) in [4.78, 5) is 0. The first kappa shape index (κ1) is 9.28. The average Bonchev–Trinajstić information content (AvgIpc) is 2.08. The monoisotopic (exact) mass is 223 g/mol. The first-order valence-electron chi connectivity index (χ1n) is 3.81. The van der Waals surface area contributed by atoms with E-state index in [9.17, 15) is 0 Å². The average molecular weight is 224 g/mol. The van der Waals surface area contributed by atoms with Gasteiger partial charge in [-0.1, -0.05) is 28.1 Å². The van der Waals surface area contributed by atoms with Gasteiger partial charge >= 0.3 is 0 Å². The van der Waals surface area contributed by atoms with Crippen LogP contribution in [0.25, 0.3) is 0 Å². The highest BCUT2D eigenvalue weighted by atomic mass is 79.9. The number of halogens is 1. The highest BCUT2D eigenvalue weighted by Gasteiger charge is 2.04. The Balaban J connectivity index is 3.06. The van der Waals surface area contributed by atoms with Crippen molar-refractivity contribution in [2.45, 2.75) is 19.8 Å². The molecule has 1 aromatic carbocycles. The Hall–Kier alpha value is -0.810. The minimum Gasteiger partial charge on any atom is -0.198 e. The highest BCUT2D eigenvalue weighted by Crippen LogP contribution is 2.21. The van der Waals surface area contributed by atoms with Gasteiger partial charge < -0.3 is 0 Å². The van der Waals surface area contributed by atoms with Gasteiger partial charge in [0, 0.05) is 4.47 Å². The summed E-state index contributed by atoms with van der Waals surface area (Å²) in [7, 11) is 0. The Bertz CT molecular complexity index is 325. The second kappa shape index (κ2) is 3.73. The summed E-state index contributed by atoms with van der Waals surface area (Å²) in [6.45, 7) is 3.93. The van der Waals surface area contributed by atoms with E-state index in [1.54, 1.807) is 0 Å². The largest absolute Gasteiger partial charge is 0.198 e. The predicted octanol–water partition coefficient (Wildman–Crippen LogP) is 3.38. The summed E-state index contributed by atoms with van der Waals surface area (Å²) in [5.41, 5.74) is 2.26. The summed E-state index contributed by atoms with van der Waals surface area (Å²) in [5.74, 6) is -0.0169. The summed E-state index contributed by atoms with van der Waals surface area (Å²) in [6, 6.07) is 8.21.